The maximum atomic E-state index is 5.42. The molecule has 17 heavy (non-hydrogen) atoms. The van der Waals surface area contributed by atoms with E-state index in [-0.39, 0.29) is 0 Å². The van der Waals surface area contributed by atoms with Crippen LogP contribution in [0.2, 0.25) is 0 Å². The first kappa shape index (κ1) is 11.9. The summed E-state index contributed by atoms with van der Waals surface area (Å²) in [6.45, 7) is 3.09. The summed E-state index contributed by atoms with van der Waals surface area (Å²) in [5.41, 5.74) is 1.24. The summed E-state index contributed by atoms with van der Waals surface area (Å²) in [5, 5.41) is 7.66. The van der Waals surface area contributed by atoms with Crippen LogP contribution in [0.3, 0.4) is 0 Å². The van der Waals surface area contributed by atoms with Gasteiger partial charge in [0.25, 0.3) is 0 Å². The topological polar surface area (TPSA) is 43.0 Å². The highest BCUT2D eigenvalue weighted by molar-refractivity contribution is 5.05. The second kappa shape index (κ2) is 5.68. The standard InChI is InChI=1S/C13H19N3O/c1-3-12(13-5-4-10-17-13)14-8-6-11-7-9-15-16(11)2/h4-5,7,9-10,12,14H,3,6,8H2,1-2H3. The van der Waals surface area contributed by atoms with Gasteiger partial charge in [0.05, 0.1) is 12.3 Å². The first-order valence-electron chi connectivity index (χ1n) is 6.05. The third-order valence-corrected chi connectivity index (χ3v) is 2.99. The van der Waals surface area contributed by atoms with Crippen LogP contribution in [0.1, 0.15) is 30.8 Å². The van der Waals surface area contributed by atoms with Crippen LogP contribution in [0, 0.1) is 0 Å². The fourth-order valence-corrected chi connectivity index (χ4v) is 1.96. The molecule has 2 aromatic heterocycles. The van der Waals surface area contributed by atoms with Crippen LogP contribution in [0.25, 0.3) is 0 Å². The second-order valence-electron chi connectivity index (χ2n) is 4.13. The Kier molecular flexibility index (Phi) is 3.98. The Labute approximate surface area is 102 Å². The number of hydrogen-bond acceptors (Lipinski definition) is 3. The molecule has 1 unspecified atom stereocenters. The van der Waals surface area contributed by atoms with Gasteiger partial charge in [-0.25, -0.2) is 0 Å². The lowest BCUT2D eigenvalue weighted by Crippen LogP contribution is -2.23. The molecule has 0 aliphatic heterocycles. The Morgan fingerprint density at radius 2 is 2.35 bits per heavy atom. The van der Waals surface area contributed by atoms with Crippen LogP contribution in [0.5, 0.6) is 0 Å². The smallest absolute Gasteiger partial charge is 0.120 e. The van der Waals surface area contributed by atoms with E-state index in [1.54, 1.807) is 6.26 Å². The minimum absolute atomic E-state index is 0.304. The summed E-state index contributed by atoms with van der Waals surface area (Å²) in [6.07, 6.45) is 5.56. The maximum Gasteiger partial charge on any atom is 0.120 e. The molecule has 0 saturated heterocycles. The zero-order chi connectivity index (χ0) is 12.1. The van der Waals surface area contributed by atoms with E-state index in [1.807, 2.05) is 30.1 Å². The molecule has 0 saturated carbocycles. The average molecular weight is 233 g/mol. The monoisotopic (exact) mass is 233 g/mol. The third-order valence-electron chi connectivity index (χ3n) is 2.99. The van der Waals surface area contributed by atoms with Crippen molar-refractivity contribution in [3.8, 4) is 0 Å². The van der Waals surface area contributed by atoms with Gasteiger partial charge in [0.1, 0.15) is 5.76 Å². The zero-order valence-corrected chi connectivity index (χ0v) is 10.4. The molecule has 0 radical (unpaired) electrons. The van der Waals surface area contributed by atoms with Gasteiger partial charge in [-0.1, -0.05) is 6.92 Å². The van der Waals surface area contributed by atoms with Gasteiger partial charge in [0, 0.05) is 31.9 Å². The van der Waals surface area contributed by atoms with Crippen LogP contribution < -0.4 is 5.32 Å². The highest BCUT2D eigenvalue weighted by Crippen LogP contribution is 2.16. The number of aromatic nitrogens is 2. The van der Waals surface area contributed by atoms with Crippen molar-refractivity contribution in [1.82, 2.24) is 15.1 Å². The highest BCUT2D eigenvalue weighted by Gasteiger charge is 2.10. The fourth-order valence-electron chi connectivity index (χ4n) is 1.96. The highest BCUT2D eigenvalue weighted by atomic mass is 16.3. The van der Waals surface area contributed by atoms with Crippen molar-refractivity contribution in [1.29, 1.82) is 0 Å². The molecule has 2 aromatic rings. The van der Waals surface area contributed by atoms with Gasteiger partial charge in [-0.2, -0.15) is 5.10 Å². The summed E-state index contributed by atoms with van der Waals surface area (Å²) in [7, 11) is 1.97. The first-order chi connectivity index (χ1) is 8.31. The van der Waals surface area contributed by atoms with Gasteiger partial charge in [-0.05, 0) is 24.6 Å². The number of nitrogens with zero attached hydrogens (tertiary/aromatic N) is 2. The molecule has 0 spiro atoms. The minimum atomic E-state index is 0.304. The summed E-state index contributed by atoms with van der Waals surface area (Å²) in [4.78, 5) is 0. The average Bonchev–Trinajstić information content (AvgIpc) is 2.97. The third kappa shape index (κ3) is 2.97. The minimum Gasteiger partial charge on any atom is -0.468 e. The molecule has 0 bridgehead atoms. The Morgan fingerprint density at radius 1 is 1.47 bits per heavy atom. The van der Waals surface area contributed by atoms with E-state index in [9.17, 15) is 0 Å². The molecule has 2 rings (SSSR count). The van der Waals surface area contributed by atoms with Gasteiger partial charge in [-0.3, -0.25) is 4.68 Å². The van der Waals surface area contributed by atoms with Crippen molar-refractivity contribution >= 4 is 0 Å². The first-order valence-corrected chi connectivity index (χ1v) is 6.05. The van der Waals surface area contributed by atoms with Crippen molar-refractivity contribution < 1.29 is 4.42 Å². The van der Waals surface area contributed by atoms with E-state index in [2.05, 4.69) is 23.4 Å². The van der Waals surface area contributed by atoms with E-state index in [1.165, 1.54) is 5.69 Å². The fraction of sp³-hybridized carbons (Fsp3) is 0.462. The van der Waals surface area contributed by atoms with Crippen LogP contribution in [-0.4, -0.2) is 16.3 Å². The molecule has 4 heteroatoms. The lowest BCUT2D eigenvalue weighted by Gasteiger charge is -2.14. The van der Waals surface area contributed by atoms with E-state index in [0.717, 1.165) is 25.1 Å². The van der Waals surface area contributed by atoms with Crippen LogP contribution in [0.4, 0.5) is 0 Å². The lowest BCUT2D eigenvalue weighted by atomic mass is 10.1. The second-order valence-corrected chi connectivity index (χ2v) is 4.13. The predicted octanol–water partition coefficient (Wildman–Crippen LogP) is 2.30. The molecular weight excluding hydrogens is 214 g/mol. The SMILES string of the molecule is CCC(NCCc1ccnn1C)c1ccco1. The molecule has 1 atom stereocenters. The maximum absolute atomic E-state index is 5.42. The number of furan rings is 1. The number of hydrogen-bond donors (Lipinski definition) is 1. The number of nitrogens with one attached hydrogen (secondary N) is 1. The molecule has 0 aromatic carbocycles. The normalized spacial score (nSPS) is 12.8. The van der Waals surface area contributed by atoms with E-state index < -0.39 is 0 Å². The Balaban J connectivity index is 1.83. The molecule has 2 heterocycles. The van der Waals surface area contributed by atoms with Gasteiger partial charge in [-0.15, -0.1) is 0 Å². The summed E-state index contributed by atoms with van der Waals surface area (Å²) in [6, 6.07) is 6.31. The van der Waals surface area contributed by atoms with Crippen molar-refractivity contribution in [2.24, 2.45) is 7.05 Å². The van der Waals surface area contributed by atoms with Crippen molar-refractivity contribution in [2.45, 2.75) is 25.8 Å². The molecule has 0 aliphatic carbocycles. The Hall–Kier alpha value is -1.55. The van der Waals surface area contributed by atoms with Crippen molar-refractivity contribution in [3.05, 3.63) is 42.1 Å². The molecule has 0 aliphatic rings. The molecular formula is C13H19N3O. The van der Waals surface area contributed by atoms with Gasteiger partial charge in [0.15, 0.2) is 0 Å². The molecule has 0 amide bonds. The largest absolute Gasteiger partial charge is 0.468 e. The van der Waals surface area contributed by atoms with Gasteiger partial charge < -0.3 is 9.73 Å². The molecule has 1 N–H and O–H groups in total. The molecule has 0 fully saturated rings. The summed E-state index contributed by atoms with van der Waals surface area (Å²) < 4.78 is 7.33. The number of rotatable bonds is 6. The molecule has 92 valence electrons. The predicted molar refractivity (Wildman–Crippen MR) is 66.7 cm³/mol. The van der Waals surface area contributed by atoms with Crippen LogP contribution in [0.15, 0.2) is 35.1 Å². The van der Waals surface area contributed by atoms with E-state index in [0.29, 0.717) is 6.04 Å². The Bertz CT molecular complexity index is 433. The summed E-state index contributed by atoms with van der Waals surface area (Å²) >= 11 is 0. The van der Waals surface area contributed by atoms with E-state index in [4.69, 9.17) is 4.42 Å². The van der Waals surface area contributed by atoms with Crippen LogP contribution in [-0.2, 0) is 13.5 Å². The quantitative estimate of drug-likeness (QED) is 0.832. The lowest BCUT2D eigenvalue weighted by molar-refractivity contribution is 0.405. The Morgan fingerprint density at radius 3 is 2.94 bits per heavy atom. The molecule has 4 nitrogen and oxygen atoms in total. The van der Waals surface area contributed by atoms with Gasteiger partial charge >= 0.3 is 0 Å². The van der Waals surface area contributed by atoms with Crippen LogP contribution >= 0.6 is 0 Å². The van der Waals surface area contributed by atoms with Gasteiger partial charge in [0.2, 0.25) is 0 Å². The zero-order valence-electron chi connectivity index (χ0n) is 10.4. The van der Waals surface area contributed by atoms with Crippen molar-refractivity contribution in [3.63, 3.8) is 0 Å². The summed E-state index contributed by atoms with van der Waals surface area (Å²) in [5.74, 6) is 1.01. The van der Waals surface area contributed by atoms with Crippen molar-refractivity contribution in [2.75, 3.05) is 6.54 Å². The number of aryl methyl sites for hydroxylation is 1. The van der Waals surface area contributed by atoms with E-state index >= 15 is 0 Å².